The van der Waals surface area contributed by atoms with Gasteiger partial charge in [0.15, 0.2) is 0 Å². The van der Waals surface area contributed by atoms with Crippen molar-refractivity contribution in [2.75, 3.05) is 19.6 Å². The monoisotopic (exact) mass is 276 g/mol. The highest BCUT2D eigenvalue weighted by atomic mass is 19.4. The van der Waals surface area contributed by atoms with Gasteiger partial charge in [-0.25, -0.2) is 0 Å². The molecule has 108 valence electrons. The lowest BCUT2D eigenvalue weighted by Crippen LogP contribution is -2.41. The van der Waals surface area contributed by atoms with Crippen LogP contribution >= 0.6 is 0 Å². The molecule has 1 aliphatic rings. The number of hydrogen-bond donors (Lipinski definition) is 1. The predicted molar refractivity (Wildman–Crippen MR) is 65.4 cm³/mol. The summed E-state index contributed by atoms with van der Waals surface area (Å²) in [7, 11) is 1.81. The highest BCUT2D eigenvalue weighted by Gasteiger charge is 2.41. The summed E-state index contributed by atoms with van der Waals surface area (Å²) in [5.74, 6) is -1.15. The fraction of sp³-hybridized carbons (Fsp3) is 0.750. The van der Waals surface area contributed by atoms with Crippen LogP contribution in [0, 0.1) is 5.92 Å². The van der Waals surface area contributed by atoms with Gasteiger partial charge in [0.2, 0.25) is 0 Å². The number of likely N-dealkylation sites (tertiary alicyclic amines) is 1. The number of aromatic nitrogens is 2. The van der Waals surface area contributed by atoms with E-state index in [4.69, 9.17) is 5.73 Å². The smallest absolute Gasteiger partial charge is 0.323 e. The highest BCUT2D eigenvalue weighted by Crippen LogP contribution is 2.34. The standard InChI is InChI=1S/C12H19F3N4/c1-18-7-9(6-17-18)11(16)8-19-4-2-10(3-5-19)12(13,14)15/h6-7,10-11H,2-5,8,16H2,1H3. The third kappa shape index (κ3) is 3.70. The molecule has 0 radical (unpaired) electrons. The fourth-order valence-corrected chi connectivity index (χ4v) is 2.46. The lowest BCUT2D eigenvalue weighted by molar-refractivity contribution is -0.185. The number of alkyl halides is 3. The summed E-state index contributed by atoms with van der Waals surface area (Å²) in [6.45, 7) is 1.49. The van der Waals surface area contributed by atoms with Crippen LogP contribution in [0.25, 0.3) is 0 Å². The number of rotatable bonds is 3. The molecule has 0 amide bonds. The average molecular weight is 276 g/mol. The van der Waals surface area contributed by atoms with E-state index in [1.807, 2.05) is 18.1 Å². The zero-order valence-corrected chi connectivity index (χ0v) is 10.9. The van der Waals surface area contributed by atoms with Gasteiger partial charge in [0, 0.05) is 31.4 Å². The number of nitrogens with zero attached hydrogens (tertiary/aromatic N) is 3. The van der Waals surface area contributed by atoms with E-state index in [0.29, 0.717) is 19.6 Å². The molecule has 1 aromatic heterocycles. The Hall–Kier alpha value is -1.08. The van der Waals surface area contributed by atoms with Crippen LogP contribution in [0.15, 0.2) is 12.4 Å². The summed E-state index contributed by atoms with van der Waals surface area (Å²) in [6, 6.07) is -0.198. The summed E-state index contributed by atoms with van der Waals surface area (Å²) in [4.78, 5) is 2.00. The molecule has 1 saturated heterocycles. The van der Waals surface area contributed by atoms with E-state index in [0.717, 1.165) is 5.56 Å². The quantitative estimate of drug-likeness (QED) is 0.914. The third-order valence-electron chi connectivity index (χ3n) is 3.66. The third-order valence-corrected chi connectivity index (χ3v) is 3.66. The molecule has 2 N–H and O–H groups in total. The molecule has 1 aromatic rings. The lowest BCUT2D eigenvalue weighted by atomic mass is 9.96. The maximum absolute atomic E-state index is 12.5. The second kappa shape index (κ2) is 5.50. The van der Waals surface area contributed by atoms with Crippen LogP contribution in [0.3, 0.4) is 0 Å². The largest absolute Gasteiger partial charge is 0.391 e. The Morgan fingerprint density at radius 2 is 2.05 bits per heavy atom. The van der Waals surface area contributed by atoms with Gasteiger partial charge in [-0.05, 0) is 25.9 Å². The normalized spacial score (nSPS) is 20.7. The highest BCUT2D eigenvalue weighted by molar-refractivity contribution is 5.10. The van der Waals surface area contributed by atoms with Crippen molar-refractivity contribution in [1.82, 2.24) is 14.7 Å². The van der Waals surface area contributed by atoms with E-state index >= 15 is 0 Å². The number of aryl methyl sites for hydroxylation is 1. The molecule has 19 heavy (non-hydrogen) atoms. The summed E-state index contributed by atoms with van der Waals surface area (Å²) >= 11 is 0. The Morgan fingerprint density at radius 1 is 1.42 bits per heavy atom. The van der Waals surface area contributed by atoms with Crippen molar-refractivity contribution in [2.24, 2.45) is 18.7 Å². The van der Waals surface area contributed by atoms with Crippen LogP contribution in [-0.2, 0) is 7.05 Å². The minimum absolute atomic E-state index is 0.170. The van der Waals surface area contributed by atoms with Crippen LogP contribution in [0.5, 0.6) is 0 Å². The van der Waals surface area contributed by atoms with Gasteiger partial charge >= 0.3 is 6.18 Å². The summed E-state index contributed by atoms with van der Waals surface area (Å²) < 4.78 is 39.3. The first-order chi connectivity index (χ1) is 8.86. The molecule has 2 rings (SSSR count). The van der Waals surface area contributed by atoms with Gasteiger partial charge in [0.1, 0.15) is 0 Å². The van der Waals surface area contributed by atoms with Crippen LogP contribution in [0.2, 0.25) is 0 Å². The minimum Gasteiger partial charge on any atom is -0.323 e. The van der Waals surface area contributed by atoms with Gasteiger partial charge in [-0.3, -0.25) is 4.68 Å². The zero-order valence-electron chi connectivity index (χ0n) is 10.9. The number of piperidine rings is 1. The Bertz CT molecular complexity index is 407. The second-order valence-corrected chi connectivity index (χ2v) is 5.17. The average Bonchev–Trinajstić information content (AvgIpc) is 2.75. The summed E-state index contributed by atoms with van der Waals surface area (Å²) in [5.41, 5.74) is 6.96. The summed E-state index contributed by atoms with van der Waals surface area (Å²) in [5, 5.41) is 4.04. The lowest BCUT2D eigenvalue weighted by Gasteiger charge is -2.34. The molecule has 0 saturated carbocycles. The van der Waals surface area contributed by atoms with Crippen molar-refractivity contribution < 1.29 is 13.2 Å². The van der Waals surface area contributed by atoms with E-state index in [9.17, 15) is 13.2 Å². The van der Waals surface area contributed by atoms with Crippen molar-refractivity contribution in [1.29, 1.82) is 0 Å². The minimum atomic E-state index is -4.06. The van der Waals surface area contributed by atoms with Gasteiger partial charge in [-0.1, -0.05) is 0 Å². The number of halogens is 3. The molecule has 7 heteroatoms. The van der Waals surface area contributed by atoms with Crippen molar-refractivity contribution in [2.45, 2.75) is 25.1 Å². The molecule has 0 bridgehead atoms. The maximum Gasteiger partial charge on any atom is 0.391 e. The van der Waals surface area contributed by atoms with E-state index in [2.05, 4.69) is 5.10 Å². The molecule has 0 aliphatic carbocycles. The molecule has 4 nitrogen and oxygen atoms in total. The van der Waals surface area contributed by atoms with E-state index in [1.54, 1.807) is 10.9 Å². The Balaban J connectivity index is 1.82. The molecule has 2 heterocycles. The van der Waals surface area contributed by atoms with Crippen LogP contribution in [0.4, 0.5) is 13.2 Å². The van der Waals surface area contributed by atoms with Gasteiger partial charge in [-0.15, -0.1) is 0 Å². The molecular formula is C12H19F3N4. The van der Waals surface area contributed by atoms with Gasteiger partial charge in [0.05, 0.1) is 12.1 Å². The molecule has 1 aliphatic heterocycles. The molecule has 0 aromatic carbocycles. The first kappa shape index (κ1) is 14.3. The Morgan fingerprint density at radius 3 is 2.53 bits per heavy atom. The van der Waals surface area contributed by atoms with Crippen molar-refractivity contribution >= 4 is 0 Å². The van der Waals surface area contributed by atoms with Crippen molar-refractivity contribution in [3.63, 3.8) is 0 Å². The number of hydrogen-bond acceptors (Lipinski definition) is 3. The molecule has 1 atom stereocenters. The van der Waals surface area contributed by atoms with Crippen LogP contribution in [0.1, 0.15) is 24.4 Å². The molecule has 1 unspecified atom stereocenters. The van der Waals surface area contributed by atoms with Gasteiger partial charge in [0.25, 0.3) is 0 Å². The SMILES string of the molecule is Cn1cc(C(N)CN2CCC(C(F)(F)F)CC2)cn1. The number of nitrogens with two attached hydrogens (primary N) is 1. The fourth-order valence-electron chi connectivity index (χ4n) is 2.46. The summed E-state index contributed by atoms with van der Waals surface area (Å²) in [6.07, 6.45) is -0.176. The van der Waals surface area contributed by atoms with Gasteiger partial charge < -0.3 is 10.6 Å². The Kier molecular flexibility index (Phi) is 4.15. The molecule has 1 fully saturated rings. The van der Waals surface area contributed by atoms with E-state index in [-0.39, 0.29) is 18.9 Å². The Labute approximate surface area is 110 Å². The van der Waals surface area contributed by atoms with Crippen molar-refractivity contribution in [3.8, 4) is 0 Å². The van der Waals surface area contributed by atoms with Gasteiger partial charge in [-0.2, -0.15) is 18.3 Å². The zero-order chi connectivity index (χ0) is 14.0. The van der Waals surface area contributed by atoms with Crippen LogP contribution < -0.4 is 5.73 Å². The predicted octanol–water partition coefficient (Wildman–Crippen LogP) is 1.69. The molecule has 0 spiro atoms. The topological polar surface area (TPSA) is 47.1 Å². The van der Waals surface area contributed by atoms with Crippen LogP contribution in [-0.4, -0.2) is 40.5 Å². The first-order valence-corrected chi connectivity index (χ1v) is 6.39. The van der Waals surface area contributed by atoms with E-state index < -0.39 is 12.1 Å². The second-order valence-electron chi connectivity index (χ2n) is 5.17. The van der Waals surface area contributed by atoms with Crippen molar-refractivity contribution in [3.05, 3.63) is 18.0 Å². The maximum atomic E-state index is 12.5. The molecular weight excluding hydrogens is 257 g/mol. The first-order valence-electron chi connectivity index (χ1n) is 6.39. The van der Waals surface area contributed by atoms with E-state index in [1.165, 1.54) is 0 Å².